The molecule has 0 saturated carbocycles. The second-order valence-corrected chi connectivity index (χ2v) is 5.10. The predicted octanol–water partition coefficient (Wildman–Crippen LogP) is 0.637. The van der Waals surface area contributed by atoms with Crippen LogP contribution in [0, 0.1) is 5.92 Å². The lowest BCUT2D eigenvalue weighted by Crippen LogP contribution is -2.44. The minimum Gasteiger partial charge on any atom is -0.396 e. The zero-order valence-electron chi connectivity index (χ0n) is 10.2. The summed E-state index contributed by atoms with van der Waals surface area (Å²) >= 11 is 0. The van der Waals surface area contributed by atoms with Gasteiger partial charge in [0, 0.05) is 24.6 Å². The van der Waals surface area contributed by atoms with Crippen molar-refractivity contribution in [3.8, 4) is 0 Å². The highest BCUT2D eigenvalue weighted by atomic mass is 16.3. The average molecular weight is 216 g/mol. The quantitative estimate of drug-likeness (QED) is 0.610. The number of aliphatic hydroxyl groups excluding tert-OH is 1. The standard InChI is InChI=1S/C11H24N2O2/c1-8(2)9(5-6-14)13-10(15)7-11(3,4)12/h8-9,14H,5-7,12H2,1-4H3,(H,13,15). The Kier molecular flexibility index (Phi) is 5.83. The predicted molar refractivity (Wildman–Crippen MR) is 61.4 cm³/mol. The lowest BCUT2D eigenvalue weighted by Gasteiger charge is -2.24. The molecule has 1 amide bonds. The highest BCUT2D eigenvalue weighted by Crippen LogP contribution is 2.08. The number of hydrogen-bond donors (Lipinski definition) is 3. The number of nitrogens with one attached hydrogen (secondary N) is 1. The van der Waals surface area contributed by atoms with Crippen LogP contribution in [-0.4, -0.2) is 29.2 Å². The molecule has 0 aliphatic carbocycles. The van der Waals surface area contributed by atoms with Crippen molar-refractivity contribution in [1.82, 2.24) is 5.32 Å². The second-order valence-electron chi connectivity index (χ2n) is 5.10. The summed E-state index contributed by atoms with van der Waals surface area (Å²) in [6.45, 7) is 7.78. The van der Waals surface area contributed by atoms with Gasteiger partial charge in [-0.25, -0.2) is 0 Å². The van der Waals surface area contributed by atoms with Gasteiger partial charge in [-0.2, -0.15) is 0 Å². The van der Waals surface area contributed by atoms with Crippen molar-refractivity contribution in [3.63, 3.8) is 0 Å². The van der Waals surface area contributed by atoms with Crippen LogP contribution in [0.5, 0.6) is 0 Å². The zero-order valence-corrected chi connectivity index (χ0v) is 10.2. The summed E-state index contributed by atoms with van der Waals surface area (Å²) in [5, 5.41) is 11.8. The Hall–Kier alpha value is -0.610. The molecule has 0 fully saturated rings. The summed E-state index contributed by atoms with van der Waals surface area (Å²) in [6, 6.07) is 0.0323. The maximum atomic E-state index is 11.6. The van der Waals surface area contributed by atoms with Crippen molar-refractivity contribution >= 4 is 5.91 Å². The van der Waals surface area contributed by atoms with Gasteiger partial charge in [-0.3, -0.25) is 4.79 Å². The number of hydrogen-bond acceptors (Lipinski definition) is 3. The van der Waals surface area contributed by atoms with Gasteiger partial charge in [0.2, 0.25) is 5.91 Å². The summed E-state index contributed by atoms with van der Waals surface area (Å²) < 4.78 is 0. The second kappa shape index (κ2) is 6.08. The van der Waals surface area contributed by atoms with E-state index in [0.717, 1.165) is 0 Å². The molecule has 0 radical (unpaired) electrons. The molecule has 4 nitrogen and oxygen atoms in total. The maximum Gasteiger partial charge on any atom is 0.222 e. The molecule has 4 heteroatoms. The molecule has 0 aromatic heterocycles. The fourth-order valence-corrected chi connectivity index (χ4v) is 1.38. The molecule has 0 aliphatic rings. The van der Waals surface area contributed by atoms with E-state index in [2.05, 4.69) is 5.32 Å². The molecule has 90 valence electrons. The van der Waals surface area contributed by atoms with Gasteiger partial charge in [0.1, 0.15) is 0 Å². The van der Waals surface area contributed by atoms with Gasteiger partial charge < -0.3 is 16.2 Å². The highest BCUT2D eigenvalue weighted by molar-refractivity contribution is 5.77. The Bertz CT molecular complexity index is 197. The third-order valence-electron chi connectivity index (χ3n) is 2.21. The molecule has 1 atom stereocenters. The molecule has 1 unspecified atom stereocenters. The minimum atomic E-state index is -0.481. The van der Waals surface area contributed by atoms with Crippen LogP contribution in [0.3, 0.4) is 0 Å². The summed E-state index contributed by atoms with van der Waals surface area (Å²) in [7, 11) is 0. The van der Waals surface area contributed by atoms with Gasteiger partial charge >= 0.3 is 0 Å². The topological polar surface area (TPSA) is 75.3 Å². The van der Waals surface area contributed by atoms with E-state index in [1.807, 2.05) is 27.7 Å². The molecule has 0 bridgehead atoms. The van der Waals surface area contributed by atoms with Crippen molar-refractivity contribution in [1.29, 1.82) is 0 Å². The molecule has 15 heavy (non-hydrogen) atoms. The Morgan fingerprint density at radius 2 is 2.00 bits per heavy atom. The van der Waals surface area contributed by atoms with Crippen molar-refractivity contribution in [2.75, 3.05) is 6.61 Å². The normalized spacial score (nSPS) is 14.1. The van der Waals surface area contributed by atoms with Crippen LogP contribution in [0.4, 0.5) is 0 Å². The van der Waals surface area contributed by atoms with E-state index in [1.54, 1.807) is 0 Å². The molecule has 0 aromatic rings. The first-order valence-electron chi connectivity index (χ1n) is 5.45. The smallest absolute Gasteiger partial charge is 0.222 e. The molecule has 0 aromatic carbocycles. The Labute approximate surface area is 92.2 Å². The molecule has 0 rings (SSSR count). The van der Waals surface area contributed by atoms with Crippen LogP contribution in [0.2, 0.25) is 0 Å². The number of nitrogens with two attached hydrogens (primary N) is 1. The third-order valence-corrected chi connectivity index (χ3v) is 2.21. The first kappa shape index (κ1) is 14.4. The SMILES string of the molecule is CC(C)C(CCO)NC(=O)CC(C)(C)N. The van der Waals surface area contributed by atoms with Gasteiger partial charge in [0.15, 0.2) is 0 Å². The van der Waals surface area contributed by atoms with E-state index < -0.39 is 5.54 Å². The first-order valence-corrected chi connectivity index (χ1v) is 5.45. The van der Waals surface area contributed by atoms with Crippen LogP contribution < -0.4 is 11.1 Å². The van der Waals surface area contributed by atoms with E-state index in [-0.39, 0.29) is 18.6 Å². The molecule has 0 saturated heterocycles. The van der Waals surface area contributed by atoms with Gasteiger partial charge in [-0.15, -0.1) is 0 Å². The van der Waals surface area contributed by atoms with Gasteiger partial charge in [0.05, 0.1) is 0 Å². The lowest BCUT2D eigenvalue weighted by molar-refractivity contribution is -0.123. The third kappa shape index (κ3) is 7.33. The molecule has 0 spiro atoms. The molecular formula is C11H24N2O2. The van der Waals surface area contributed by atoms with E-state index in [4.69, 9.17) is 10.8 Å². The van der Waals surface area contributed by atoms with E-state index >= 15 is 0 Å². The van der Waals surface area contributed by atoms with Gasteiger partial charge in [0.25, 0.3) is 0 Å². The van der Waals surface area contributed by atoms with E-state index in [9.17, 15) is 4.79 Å². The van der Waals surface area contributed by atoms with Crippen molar-refractivity contribution in [2.45, 2.75) is 52.1 Å². The van der Waals surface area contributed by atoms with E-state index in [1.165, 1.54) is 0 Å². The molecule has 0 heterocycles. The fourth-order valence-electron chi connectivity index (χ4n) is 1.38. The highest BCUT2D eigenvalue weighted by Gasteiger charge is 2.20. The van der Waals surface area contributed by atoms with Crippen molar-refractivity contribution in [3.05, 3.63) is 0 Å². The van der Waals surface area contributed by atoms with Crippen molar-refractivity contribution in [2.24, 2.45) is 11.7 Å². The summed E-state index contributed by atoms with van der Waals surface area (Å²) in [6.07, 6.45) is 0.899. The Morgan fingerprint density at radius 3 is 2.33 bits per heavy atom. The zero-order chi connectivity index (χ0) is 12.1. The number of carbonyl (C=O) groups is 1. The summed E-state index contributed by atoms with van der Waals surface area (Å²) in [5.74, 6) is 0.275. The summed E-state index contributed by atoms with van der Waals surface area (Å²) in [4.78, 5) is 11.6. The van der Waals surface area contributed by atoms with Gasteiger partial charge in [-0.05, 0) is 26.2 Å². The number of aliphatic hydroxyl groups is 1. The number of rotatable bonds is 6. The van der Waals surface area contributed by atoms with E-state index in [0.29, 0.717) is 18.8 Å². The largest absolute Gasteiger partial charge is 0.396 e. The van der Waals surface area contributed by atoms with Crippen LogP contribution in [0.25, 0.3) is 0 Å². The number of amides is 1. The van der Waals surface area contributed by atoms with Crippen LogP contribution in [0.15, 0.2) is 0 Å². The van der Waals surface area contributed by atoms with Crippen LogP contribution in [-0.2, 0) is 4.79 Å². The van der Waals surface area contributed by atoms with Gasteiger partial charge in [-0.1, -0.05) is 13.8 Å². The van der Waals surface area contributed by atoms with Crippen molar-refractivity contribution < 1.29 is 9.90 Å². The molecule has 4 N–H and O–H groups in total. The first-order chi connectivity index (χ1) is 6.76. The molecule has 0 aliphatic heterocycles. The average Bonchev–Trinajstić information content (AvgIpc) is 1.99. The Balaban J connectivity index is 4.11. The van der Waals surface area contributed by atoms with Crippen LogP contribution in [0.1, 0.15) is 40.5 Å². The van der Waals surface area contributed by atoms with Crippen LogP contribution >= 0.6 is 0 Å². The maximum absolute atomic E-state index is 11.6. The molecular weight excluding hydrogens is 192 g/mol. The minimum absolute atomic E-state index is 0.0323. The Morgan fingerprint density at radius 1 is 1.47 bits per heavy atom. The summed E-state index contributed by atoms with van der Waals surface area (Å²) in [5.41, 5.74) is 5.27. The fraction of sp³-hybridized carbons (Fsp3) is 0.909. The number of carbonyl (C=O) groups excluding carboxylic acids is 1. The lowest BCUT2D eigenvalue weighted by atomic mass is 9.98. The monoisotopic (exact) mass is 216 g/mol.